The van der Waals surface area contributed by atoms with E-state index in [1.54, 1.807) is 12.1 Å². The minimum Gasteiger partial charge on any atom is -0.384 e. The number of anilines is 2. The smallest absolute Gasteiger partial charge is 0.246 e. The summed E-state index contributed by atoms with van der Waals surface area (Å²) in [5.74, 6) is 0.214. The number of nitrogens with zero attached hydrogens (tertiary/aromatic N) is 4. The second-order valence-electron chi connectivity index (χ2n) is 3.11. The summed E-state index contributed by atoms with van der Waals surface area (Å²) in [4.78, 5) is 19.1. The lowest BCUT2D eigenvalue weighted by atomic mass is 10.4. The fraction of sp³-hybridized carbons (Fsp3) is 0.111. The van der Waals surface area contributed by atoms with Crippen molar-refractivity contribution in [1.29, 1.82) is 0 Å². The van der Waals surface area contributed by atoms with E-state index in [1.807, 2.05) is 0 Å². The molecule has 0 aliphatic rings. The second-order valence-corrected chi connectivity index (χ2v) is 3.11. The summed E-state index contributed by atoms with van der Waals surface area (Å²) in [7, 11) is 0. The van der Waals surface area contributed by atoms with Gasteiger partial charge >= 0.3 is 0 Å². The van der Waals surface area contributed by atoms with Gasteiger partial charge in [-0.15, -0.1) is 0 Å². The predicted octanol–water partition coefficient (Wildman–Crippen LogP) is -0.106. The van der Waals surface area contributed by atoms with Gasteiger partial charge in [0.05, 0.1) is 11.9 Å². The van der Waals surface area contributed by atoms with E-state index in [4.69, 9.17) is 5.73 Å². The van der Waals surface area contributed by atoms with Crippen LogP contribution in [0, 0.1) is 0 Å². The first-order chi connectivity index (χ1) is 7.74. The first kappa shape index (κ1) is 10.1. The van der Waals surface area contributed by atoms with Gasteiger partial charge in [-0.2, -0.15) is 5.10 Å². The summed E-state index contributed by atoms with van der Waals surface area (Å²) in [6.45, 7) is 0.115. The third-order valence-corrected chi connectivity index (χ3v) is 1.84. The first-order valence-electron chi connectivity index (χ1n) is 4.58. The van der Waals surface area contributed by atoms with Crippen LogP contribution in [0.1, 0.15) is 0 Å². The highest BCUT2D eigenvalue weighted by Gasteiger charge is 2.03. The van der Waals surface area contributed by atoms with Gasteiger partial charge < -0.3 is 11.1 Å². The molecule has 0 radical (unpaired) electrons. The number of aromatic nitrogens is 4. The quantitative estimate of drug-likeness (QED) is 0.749. The average molecular weight is 218 g/mol. The summed E-state index contributed by atoms with van der Waals surface area (Å²) in [6, 6.07) is 3.30. The molecule has 0 aromatic carbocycles. The Kier molecular flexibility index (Phi) is 2.77. The van der Waals surface area contributed by atoms with Gasteiger partial charge in [-0.3, -0.25) is 4.79 Å². The topological polar surface area (TPSA) is 98.7 Å². The van der Waals surface area contributed by atoms with Crippen LogP contribution in [0.3, 0.4) is 0 Å². The van der Waals surface area contributed by atoms with Crippen LogP contribution in [0.5, 0.6) is 0 Å². The Labute approximate surface area is 91.3 Å². The van der Waals surface area contributed by atoms with E-state index >= 15 is 0 Å². The van der Waals surface area contributed by atoms with Crippen molar-refractivity contribution in [1.82, 2.24) is 19.7 Å². The van der Waals surface area contributed by atoms with Crippen LogP contribution in [-0.4, -0.2) is 25.7 Å². The number of nitrogen functional groups attached to an aromatic ring is 1. The molecule has 2 rings (SSSR count). The highest BCUT2D eigenvalue weighted by molar-refractivity contribution is 5.90. The maximum Gasteiger partial charge on any atom is 0.246 e. The highest BCUT2D eigenvalue weighted by atomic mass is 16.2. The third-order valence-electron chi connectivity index (χ3n) is 1.84. The number of pyridine rings is 1. The summed E-state index contributed by atoms with van der Waals surface area (Å²) in [5, 5.41) is 6.48. The highest BCUT2D eigenvalue weighted by Crippen LogP contribution is 2.06. The molecule has 0 saturated carbocycles. The predicted molar refractivity (Wildman–Crippen MR) is 57.3 cm³/mol. The van der Waals surface area contributed by atoms with E-state index in [2.05, 4.69) is 20.4 Å². The molecule has 7 heteroatoms. The van der Waals surface area contributed by atoms with Crippen molar-refractivity contribution in [3.63, 3.8) is 0 Å². The molecule has 82 valence electrons. The van der Waals surface area contributed by atoms with E-state index in [0.29, 0.717) is 11.5 Å². The number of rotatable bonds is 3. The van der Waals surface area contributed by atoms with E-state index in [0.717, 1.165) is 0 Å². The van der Waals surface area contributed by atoms with Crippen molar-refractivity contribution in [3.8, 4) is 0 Å². The number of nitrogens with two attached hydrogens (primary N) is 1. The SMILES string of the molecule is Nc1ccc(NC(=O)Cn2cncn2)cn1. The zero-order valence-electron chi connectivity index (χ0n) is 8.37. The molecule has 0 fully saturated rings. The zero-order chi connectivity index (χ0) is 11.4. The molecule has 2 aromatic rings. The number of nitrogens with one attached hydrogen (secondary N) is 1. The number of carbonyl (C=O) groups is 1. The number of hydrogen-bond donors (Lipinski definition) is 2. The maximum absolute atomic E-state index is 11.5. The molecule has 0 unspecified atom stereocenters. The summed E-state index contributed by atoms with van der Waals surface area (Å²) < 4.78 is 1.43. The molecule has 7 nitrogen and oxygen atoms in total. The van der Waals surface area contributed by atoms with E-state index in [1.165, 1.54) is 23.5 Å². The monoisotopic (exact) mass is 218 g/mol. The molecule has 0 saturated heterocycles. The molecule has 0 bridgehead atoms. The van der Waals surface area contributed by atoms with Gasteiger partial charge in [0.1, 0.15) is 25.0 Å². The molecule has 3 N–H and O–H groups in total. The van der Waals surface area contributed by atoms with Crippen LogP contribution in [-0.2, 0) is 11.3 Å². The third kappa shape index (κ3) is 2.53. The average Bonchev–Trinajstić information content (AvgIpc) is 2.74. The van der Waals surface area contributed by atoms with Gasteiger partial charge in [0.15, 0.2) is 0 Å². The summed E-state index contributed by atoms with van der Waals surface area (Å²) in [5.41, 5.74) is 6.02. The number of carbonyl (C=O) groups excluding carboxylic acids is 1. The van der Waals surface area contributed by atoms with Crippen LogP contribution in [0.2, 0.25) is 0 Å². The van der Waals surface area contributed by atoms with E-state index < -0.39 is 0 Å². The Morgan fingerprint density at radius 3 is 3.00 bits per heavy atom. The lowest BCUT2D eigenvalue weighted by Crippen LogP contribution is -2.19. The van der Waals surface area contributed by atoms with Crippen molar-refractivity contribution in [3.05, 3.63) is 31.0 Å². The number of amides is 1. The first-order valence-corrected chi connectivity index (χ1v) is 4.58. The molecule has 2 aromatic heterocycles. The Bertz CT molecular complexity index is 463. The second kappa shape index (κ2) is 4.39. The van der Waals surface area contributed by atoms with Crippen LogP contribution in [0.25, 0.3) is 0 Å². The maximum atomic E-state index is 11.5. The van der Waals surface area contributed by atoms with Crippen molar-refractivity contribution >= 4 is 17.4 Å². The molecule has 0 aliphatic carbocycles. The van der Waals surface area contributed by atoms with Gasteiger partial charge in [-0.05, 0) is 12.1 Å². The molecular formula is C9H10N6O. The Hall–Kier alpha value is -2.44. The van der Waals surface area contributed by atoms with E-state index in [-0.39, 0.29) is 12.5 Å². The fourth-order valence-electron chi connectivity index (χ4n) is 1.14. The Morgan fingerprint density at radius 2 is 2.38 bits per heavy atom. The van der Waals surface area contributed by atoms with Gasteiger partial charge in [0.25, 0.3) is 0 Å². The molecule has 1 amide bonds. The molecular weight excluding hydrogens is 208 g/mol. The van der Waals surface area contributed by atoms with Crippen LogP contribution >= 0.6 is 0 Å². The van der Waals surface area contributed by atoms with Gasteiger partial charge in [0, 0.05) is 0 Å². The molecule has 2 heterocycles. The van der Waals surface area contributed by atoms with Crippen LogP contribution in [0.4, 0.5) is 11.5 Å². The standard InChI is InChI=1S/C9H10N6O/c10-8-2-1-7(3-12-8)14-9(16)4-15-6-11-5-13-15/h1-3,5-6H,4H2,(H2,10,12)(H,14,16). The largest absolute Gasteiger partial charge is 0.384 e. The van der Waals surface area contributed by atoms with Crippen LogP contribution < -0.4 is 11.1 Å². The van der Waals surface area contributed by atoms with E-state index in [9.17, 15) is 4.79 Å². The van der Waals surface area contributed by atoms with Crippen molar-refractivity contribution in [2.45, 2.75) is 6.54 Å². The molecule has 0 aliphatic heterocycles. The lowest BCUT2D eigenvalue weighted by Gasteiger charge is -2.04. The van der Waals surface area contributed by atoms with Crippen LogP contribution in [0.15, 0.2) is 31.0 Å². The Morgan fingerprint density at radius 1 is 1.50 bits per heavy atom. The van der Waals surface area contributed by atoms with Crippen molar-refractivity contribution in [2.24, 2.45) is 0 Å². The Balaban J connectivity index is 1.95. The molecule has 0 spiro atoms. The summed E-state index contributed by atoms with van der Waals surface area (Å²) >= 11 is 0. The van der Waals surface area contributed by atoms with Crippen molar-refractivity contribution in [2.75, 3.05) is 11.1 Å². The normalized spacial score (nSPS) is 10.0. The minimum absolute atomic E-state index is 0.115. The number of hydrogen-bond acceptors (Lipinski definition) is 5. The lowest BCUT2D eigenvalue weighted by molar-refractivity contribution is -0.116. The fourth-order valence-corrected chi connectivity index (χ4v) is 1.14. The van der Waals surface area contributed by atoms with Gasteiger partial charge in [-0.1, -0.05) is 0 Å². The summed E-state index contributed by atoms with van der Waals surface area (Å²) in [6.07, 6.45) is 4.34. The minimum atomic E-state index is -0.197. The molecule has 16 heavy (non-hydrogen) atoms. The van der Waals surface area contributed by atoms with Gasteiger partial charge in [0.2, 0.25) is 5.91 Å². The van der Waals surface area contributed by atoms with Crippen molar-refractivity contribution < 1.29 is 4.79 Å². The molecule has 0 atom stereocenters. The van der Waals surface area contributed by atoms with Gasteiger partial charge in [-0.25, -0.2) is 14.6 Å². The zero-order valence-corrected chi connectivity index (χ0v) is 8.37.